The third-order valence-corrected chi connectivity index (χ3v) is 2.15. The van der Waals surface area contributed by atoms with E-state index in [1.54, 1.807) is 6.07 Å². The van der Waals surface area contributed by atoms with Gasteiger partial charge in [0.25, 0.3) is 0 Å². The Hall–Kier alpha value is -1.60. The van der Waals surface area contributed by atoms with Crippen molar-refractivity contribution in [1.82, 2.24) is 9.97 Å². The molecule has 0 aliphatic rings. The summed E-state index contributed by atoms with van der Waals surface area (Å²) in [5, 5.41) is 0. The van der Waals surface area contributed by atoms with Gasteiger partial charge in [-0.3, -0.25) is 0 Å². The molecule has 5 N–H and O–H groups in total. The van der Waals surface area contributed by atoms with Gasteiger partial charge in [0, 0.05) is 19.7 Å². The number of likely N-dealkylation sites (N-methyl/N-ethyl adjacent to an activating group) is 1. The Morgan fingerprint density at radius 1 is 1.47 bits per heavy atom. The van der Waals surface area contributed by atoms with E-state index in [0.29, 0.717) is 18.2 Å². The highest BCUT2D eigenvalue weighted by Crippen LogP contribution is 2.14. The van der Waals surface area contributed by atoms with Gasteiger partial charge in [0.2, 0.25) is 5.95 Å². The molecular weight excluding hydrogens is 220 g/mol. The smallest absolute Gasteiger partial charge is 0.223 e. The summed E-state index contributed by atoms with van der Waals surface area (Å²) >= 11 is 0. The van der Waals surface area contributed by atoms with E-state index in [-0.39, 0.29) is 12.1 Å². The van der Waals surface area contributed by atoms with Crippen LogP contribution >= 0.6 is 0 Å². The summed E-state index contributed by atoms with van der Waals surface area (Å²) in [6.07, 6.45) is 0.222. The fourth-order valence-electron chi connectivity index (χ4n) is 1.26. The van der Waals surface area contributed by atoms with Gasteiger partial charge >= 0.3 is 0 Å². The molecule has 0 amide bonds. The van der Waals surface area contributed by atoms with Crippen molar-refractivity contribution in [2.75, 3.05) is 36.3 Å². The molecule has 0 atom stereocenters. The average Bonchev–Trinajstić information content (AvgIpc) is 2.27. The van der Waals surface area contributed by atoms with Crippen molar-refractivity contribution in [2.24, 2.45) is 5.84 Å². The van der Waals surface area contributed by atoms with E-state index in [2.05, 4.69) is 15.4 Å². The summed E-state index contributed by atoms with van der Waals surface area (Å²) < 4.78 is 5.46. The second-order valence-electron chi connectivity index (χ2n) is 3.96. The molecule has 96 valence electrons. The molecule has 1 aromatic heterocycles. The Morgan fingerprint density at radius 3 is 2.76 bits per heavy atom. The number of rotatable bonds is 6. The Balaban J connectivity index is 2.61. The van der Waals surface area contributed by atoms with Gasteiger partial charge in [-0.2, -0.15) is 9.97 Å². The molecule has 0 aromatic carbocycles. The normalized spacial score (nSPS) is 10.6. The zero-order valence-corrected chi connectivity index (χ0v) is 10.5. The predicted molar refractivity (Wildman–Crippen MR) is 68.6 cm³/mol. The maximum Gasteiger partial charge on any atom is 0.223 e. The average molecular weight is 240 g/mol. The third-order valence-electron chi connectivity index (χ3n) is 2.15. The maximum atomic E-state index is 5.57. The zero-order valence-electron chi connectivity index (χ0n) is 10.5. The fourth-order valence-corrected chi connectivity index (χ4v) is 1.26. The van der Waals surface area contributed by atoms with Gasteiger partial charge in [-0.1, -0.05) is 0 Å². The van der Waals surface area contributed by atoms with Gasteiger partial charge in [-0.05, 0) is 13.8 Å². The number of nitrogens with two attached hydrogens (primary N) is 2. The van der Waals surface area contributed by atoms with Crippen molar-refractivity contribution in [2.45, 2.75) is 20.0 Å². The van der Waals surface area contributed by atoms with Crippen LogP contribution in [0.4, 0.5) is 17.6 Å². The van der Waals surface area contributed by atoms with Crippen LogP contribution in [0.5, 0.6) is 0 Å². The highest BCUT2D eigenvalue weighted by molar-refractivity contribution is 5.51. The highest BCUT2D eigenvalue weighted by atomic mass is 16.5. The minimum Gasteiger partial charge on any atom is -0.377 e. The van der Waals surface area contributed by atoms with E-state index in [0.717, 1.165) is 6.54 Å². The van der Waals surface area contributed by atoms with E-state index >= 15 is 0 Å². The lowest BCUT2D eigenvalue weighted by Gasteiger charge is -2.19. The molecular formula is C10H20N6O. The van der Waals surface area contributed by atoms with E-state index in [1.165, 1.54) is 0 Å². The Kier molecular flexibility index (Phi) is 4.92. The number of hydrazine groups is 1. The number of nitrogens with one attached hydrogen (secondary N) is 1. The van der Waals surface area contributed by atoms with E-state index in [1.807, 2.05) is 25.8 Å². The topological polar surface area (TPSA) is 102 Å². The second-order valence-corrected chi connectivity index (χ2v) is 3.96. The van der Waals surface area contributed by atoms with Crippen molar-refractivity contribution in [1.29, 1.82) is 0 Å². The van der Waals surface area contributed by atoms with Crippen LogP contribution in [0.15, 0.2) is 6.07 Å². The van der Waals surface area contributed by atoms with Crippen molar-refractivity contribution in [3.8, 4) is 0 Å². The number of hydrogen-bond donors (Lipinski definition) is 3. The molecule has 1 rings (SSSR count). The summed E-state index contributed by atoms with van der Waals surface area (Å²) in [5.74, 6) is 6.67. The molecule has 0 fully saturated rings. The first-order valence-corrected chi connectivity index (χ1v) is 5.47. The number of anilines is 3. The lowest BCUT2D eigenvalue weighted by molar-refractivity contribution is 0.0845. The van der Waals surface area contributed by atoms with Crippen LogP contribution in [-0.4, -0.2) is 36.3 Å². The summed E-state index contributed by atoms with van der Waals surface area (Å²) in [6.45, 7) is 5.35. The summed E-state index contributed by atoms with van der Waals surface area (Å²) in [7, 11) is 1.91. The predicted octanol–water partition coefficient (Wildman–Crippen LogP) is 0.206. The second kappa shape index (κ2) is 6.21. The van der Waals surface area contributed by atoms with Crippen LogP contribution < -0.4 is 21.9 Å². The first-order valence-electron chi connectivity index (χ1n) is 5.47. The van der Waals surface area contributed by atoms with Crippen molar-refractivity contribution < 1.29 is 4.74 Å². The molecule has 0 spiro atoms. The Labute approximate surface area is 101 Å². The lowest BCUT2D eigenvalue weighted by Crippen LogP contribution is -2.25. The van der Waals surface area contributed by atoms with Gasteiger partial charge in [-0.25, -0.2) is 5.84 Å². The van der Waals surface area contributed by atoms with Gasteiger partial charge in [0.05, 0.1) is 12.7 Å². The molecule has 17 heavy (non-hydrogen) atoms. The third kappa shape index (κ3) is 4.41. The van der Waals surface area contributed by atoms with Crippen molar-refractivity contribution in [3.63, 3.8) is 0 Å². The number of nitrogen functional groups attached to an aromatic ring is 2. The number of hydrogen-bond acceptors (Lipinski definition) is 7. The minimum absolute atomic E-state index is 0.187. The molecule has 0 bridgehead atoms. The first kappa shape index (κ1) is 13.5. The van der Waals surface area contributed by atoms with E-state index in [9.17, 15) is 0 Å². The molecule has 7 nitrogen and oxygen atoms in total. The van der Waals surface area contributed by atoms with Crippen molar-refractivity contribution >= 4 is 17.6 Å². The summed E-state index contributed by atoms with van der Waals surface area (Å²) in [6, 6.07) is 1.73. The van der Waals surface area contributed by atoms with Gasteiger partial charge in [0.1, 0.15) is 11.6 Å². The van der Waals surface area contributed by atoms with Crippen LogP contribution in [0.2, 0.25) is 0 Å². The van der Waals surface area contributed by atoms with Gasteiger partial charge in [0.15, 0.2) is 0 Å². The molecule has 1 aromatic rings. The van der Waals surface area contributed by atoms with Crippen LogP contribution in [0.3, 0.4) is 0 Å². The molecule has 0 radical (unpaired) electrons. The maximum absolute atomic E-state index is 5.57. The molecule has 0 aliphatic heterocycles. The van der Waals surface area contributed by atoms with Crippen molar-refractivity contribution in [3.05, 3.63) is 6.07 Å². The van der Waals surface area contributed by atoms with Crippen LogP contribution in [0, 0.1) is 0 Å². The van der Waals surface area contributed by atoms with Gasteiger partial charge < -0.3 is 20.8 Å². The zero-order chi connectivity index (χ0) is 12.8. The Bertz CT molecular complexity index is 357. The summed E-state index contributed by atoms with van der Waals surface area (Å²) in [4.78, 5) is 9.97. The molecule has 0 saturated carbocycles. The largest absolute Gasteiger partial charge is 0.377 e. The standard InChI is InChI=1S/C10H20N6O/c1-7(2)17-5-4-16(3)9-6-8(15-12)13-10(11)14-9/h6-7H,4-5,12H2,1-3H3,(H3,11,13,14,15). The van der Waals surface area contributed by atoms with Crippen LogP contribution in [0.1, 0.15) is 13.8 Å². The monoisotopic (exact) mass is 240 g/mol. The van der Waals surface area contributed by atoms with Gasteiger partial charge in [-0.15, -0.1) is 0 Å². The molecule has 0 aliphatic carbocycles. The van der Waals surface area contributed by atoms with E-state index in [4.69, 9.17) is 16.3 Å². The molecule has 0 saturated heterocycles. The molecule has 7 heteroatoms. The SMILES string of the molecule is CC(C)OCCN(C)c1cc(NN)nc(N)n1. The molecule has 1 heterocycles. The van der Waals surface area contributed by atoms with E-state index < -0.39 is 0 Å². The number of aromatic nitrogens is 2. The highest BCUT2D eigenvalue weighted by Gasteiger charge is 2.06. The lowest BCUT2D eigenvalue weighted by atomic mass is 10.4. The van der Waals surface area contributed by atoms with Crippen LogP contribution in [0.25, 0.3) is 0 Å². The van der Waals surface area contributed by atoms with Crippen LogP contribution in [-0.2, 0) is 4.74 Å². The Morgan fingerprint density at radius 2 is 2.18 bits per heavy atom. The number of nitrogens with zero attached hydrogens (tertiary/aromatic N) is 3. The first-order chi connectivity index (χ1) is 8.02. The number of ether oxygens (including phenoxy) is 1. The molecule has 0 unspecified atom stereocenters. The summed E-state index contributed by atoms with van der Waals surface area (Å²) in [5.41, 5.74) is 8.02. The fraction of sp³-hybridized carbons (Fsp3) is 0.600. The quantitative estimate of drug-likeness (QED) is 0.482. The minimum atomic E-state index is 0.187.